The predicted octanol–water partition coefficient (Wildman–Crippen LogP) is 2.14. The Labute approximate surface area is 88.6 Å². The number of rotatable bonds is 3. The second kappa shape index (κ2) is 5.13. The molecule has 0 aromatic rings. The predicted molar refractivity (Wildman–Crippen MR) is 62.3 cm³/mol. The molecule has 0 heterocycles. The zero-order valence-electron chi connectivity index (χ0n) is 9.97. The second-order valence-electron chi connectivity index (χ2n) is 5.98. The maximum absolute atomic E-state index is 5.95. The molecule has 0 amide bonds. The Morgan fingerprint density at radius 1 is 1.29 bits per heavy atom. The summed E-state index contributed by atoms with van der Waals surface area (Å²) >= 11 is 0. The van der Waals surface area contributed by atoms with Gasteiger partial charge in [-0.15, -0.1) is 0 Å². The maximum Gasteiger partial charge on any atom is 0.00419 e. The Morgan fingerprint density at radius 3 is 2.57 bits per heavy atom. The molecule has 84 valence electrons. The third-order valence-corrected chi connectivity index (χ3v) is 2.91. The fourth-order valence-electron chi connectivity index (χ4n) is 2.17. The van der Waals surface area contributed by atoms with Crippen molar-refractivity contribution >= 4 is 0 Å². The standard InChI is InChI=1S/C12H26N2/c1-12(2,3)9-14-8-10-5-4-6-11(13)7-10/h10-11,14H,4-9,13H2,1-3H3. The van der Waals surface area contributed by atoms with E-state index >= 15 is 0 Å². The molecular formula is C12H26N2. The van der Waals surface area contributed by atoms with Crippen LogP contribution in [0.1, 0.15) is 46.5 Å². The first-order valence-corrected chi connectivity index (χ1v) is 5.94. The van der Waals surface area contributed by atoms with Crippen molar-refractivity contribution < 1.29 is 0 Å². The van der Waals surface area contributed by atoms with Gasteiger partial charge < -0.3 is 11.1 Å². The highest BCUT2D eigenvalue weighted by Gasteiger charge is 2.19. The van der Waals surface area contributed by atoms with Gasteiger partial charge in [-0.1, -0.05) is 27.2 Å². The third kappa shape index (κ3) is 4.97. The fraction of sp³-hybridized carbons (Fsp3) is 1.00. The van der Waals surface area contributed by atoms with Gasteiger partial charge in [-0.3, -0.25) is 0 Å². The molecule has 1 saturated carbocycles. The van der Waals surface area contributed by atoms with E-state index in [0.717, 1.165) is 19.0 Å². The van der Waals surface area contributed by atoms with Crippen molar-refractivity contribution in [3.05, 3.63) is 0 Å². The number of hydrogen-bond donors (Lipinski definition) is 2. The molecule has 1 aliphatic rings. The van der Waals surface area contributed by atoms with E-state index in [4.69, 9.17) is 5.73 Å². The van der Waals surface area contributed by atoms with E-state index in [1.807, 2.05) is 0 Å². The summed E-state index contributed by atoms with van der Waals surface area (Å²) in [6.07, 6.45) is 5.14. The summed E-state index contributed by atoms with van der Waals surface area (Å²) < 4.78 is 0. The Kier molecular flexibility index (Phi) is 4.39. The van der Waals surface area contributed by atoms with Crippen molar-refractivity contribution in [1.29, 1.82) is 0 Å². The fourth-order valence-corrected chi connectivity index (χ4v) is 2.17. The molecule has 14 heavy (non-hydrogen) atoms. The molecule has 0 aromatic heterocycles. The van der Waals surface area contributed by atoms with Crippen LogP contribution < -0.4 is 11.1 Å². The highest BCUT2D eigenvalue weighted by molar-refractivity contribution is 4.77. The molecule has 1 aliphatic carbocycles. The van der Waals surface area contributed by atoms with E-state index in [1.165, 1.54) is 25.7 Å². The van der Waals surface area contributed by atoms with Gasteiger partial charge in [-0.2, -0.15) is 0 Å². The van der Waals surface area contributed by atoms with Crippen molar-refractivity contribution in [2.45, 2.75) is 52.5 Å². The monoisotopic (exact) mass is 198 g/mol. The molecule has 2 heteroatoms. The zero-order chi connectivity index (χ0) is 10.6. The van der Waals surface area contributed by atoms with Crippen LogP contribution in [0.4, 0.5) is 0 Å². The molecule has 3 N–H and O–H groups in total. The largest absolute Gasteiger partial charge is 0.328 e. The zero-order valence-corrected chi connectivity index (χ0v) is 9.97. The molecule has 0 aliphatic heterocycles. The van der Waals surface area contributed by atoms with Crippen LogP contribution >= 0.6 is 0 Å². The first-order valence-electron chi connectivity index (χ1n) is 5.94. The lowest BCUT2D eigenvalue weighted by Crippen LogP contribution is -2.36. The van der Waals surface area contributed by atoms with E-state index < -0.39 is 0 Å². The summed E-state index contributed by atoms with van der Waals surface area (Å²) in [7, 11) is 0. The molecule has 1 rings (SSSR count). The van der Waals surface area contributed by atoms with Gasteiger partial charge in [0.15, 0.2) is 0 Å². The molecule has 1 fully saturated rings. The van der Waals surface area contributed by atoms with Crippen molar-refractivity contribution in [2.75, 3.05) is 13.1 Å². The Bertz CT molecular complexity index is 160. The molecule has 2 atom stereocenters. The van der Waals surface area contributed by atoms with Crippen molar-refractivity contribution in [2.24, 2.45) is 17.1 Å². The topological polar surface area (TPSA) is 38.0 Å². The van der Waals surface area contributed by atoms with Gasteiger partial charge >= 0.3 is 0 Å². The summed E-state index contributed by atoms with van der Waals surface area (Å²) in [6, 6.07) is 0.463. The van der Waals surface area contributed by atoms with Gasteiger partial charge in [0.1, 0.15) is 0 Å². The lowest BCUT2D eigenvalue weighted by Gasteiger charge is -2.28. The number of nitrogens with two attached hydrogens (primary N) is 1. The minimum absolute atomic E-state index is 0.400. The van der Waals surface area contributed by atoms with Crippen LogP contribution in [0.2, 0.25) is 0 Å². The van der Waals surface area contributed by atoms with Crippen molar-refractivity contribution in [3.8, 4) is 0 Å². The van der Waals surface area contributed by atoms with Crippen LogP contribution in [0.25, 0.3) is 0 Å². The van der Waals surface area contributed by atoms with Crippen LogP contribution in [0, 0.1) is 11.3 Å². The Hall–Kier alpha value is -0.0800. The van der Waals surface area contributed by atoms with E-state index in [-0.39, 0.29) is 0 Å². The van der Waals surface area contributed by atoms with Gasteiger partial charge in [0.05, 0.1) is 0 Å². The van der Waals surface area contributed by atoms with Crippen LogP contribution in [-0.4, -0.2) is 19.1 Å². The van der Waals surface area contributed by atoms with Crippen molar-refractivity contribution in [1.82, 2.24) is 5.32 Å². The maximum atomic E-state index is 5.95. The molecule has 2 nitrogen and oxygen atoms in total. The van der Waals surface area contributed by atoms with Crippen LogP contribution in [0.15, 0.2) is 0 Å². The summed E-state index contributed by atoms with van der Waals surface area (Å²) in [5.41, 5.74) is 6.35. The molecule has 2 unspecified atom stereocenters. The number of hydrogen-bond acceptors (Lipinski definition) is 2. The van der Waals surface area contributed by atoms with E-state index in [9.17, 15) is 0 Å². The summed E-state index contributed by atoms with van der Waals surface area (Å²) in [4.78, 5) is 0. The average Bonchev–Trinajstić information content (AvgIpc) is 2.01. The quantitative estimate of drug-likeness (QED) is 0.729. The first kappa shape index (κ1) is 12.0. The third-order valence-electron chi connectivity index (χ3n) is 2.91. The summed E-state index contributed by atoms with van der Waals surface area (Å²) in [6.45, 7) is 9.08. The molecule has 0 saturated heterocycles. The molecule has 0 bridgehead atoms. The van der Waals surface area contributed by atoms with Crippen LogP contribution in [-0.2, 0) is 0 Å². The summed E-state index contributed by atoms with van der Waals surface area (Å²) in [5, 5.41) is 3.56. The van der Waals surface area contributed by atoms with Gasteiger partial charge in [0.25, 0.3) is 0 Å². The minimum Gasteiger partial charge on any atom is -0.328 e. The lowest BCUT2D eigenvalue weighted by molar-refractivity contribution is 0.291. The average molecular weight is 198 g/mol. The van der Waals surface area contributed by atoms with Gasteiger partial charge in [0, 0.05) is 6.04 Å². The van der Waals surface area contributed by atoms with Gasteiger partial charge in [-0.05, 0) is 43.7 Å². The van der Waals surface area contributed by atoms with Crippen molar-refractivity contribution in [3.63, 3.8) is 0 Å². The van der Waals surface area contributed by atoms with Crippen LogP contribution in [0.5, 0.6) is 0 Å². The molecule has 0 spiro atoms. The first-order chi connectivity index (χ1) is 6.47. The molecular weight excluding hydrogens is 172 g/mol. The minimum atomic E-state index is 0.400. The molecule has 0 radical (unpaired) electrons. The normalized spacial score (nSPS) is 29.1. The van der Waals surface area contributed by atoms with Gasteiger partial charge in [0.2, 0.25) is 0 Å². The second-order valence-corrected chi connectivity index (χ2v) is 5.98. The van der Waals surface area contributed by atoms with Crippen LogP contribution in [0.3, 0.4) is 0 Å². The van der Waals surface area contributed by atoms with E-state index in [2.05, 4.69) is 26.1 Å². The Balaban J connectivity index is 2.12. The van der Waals surface area contributed by atoms with E-state index in [0.29, 0.717) is 11.5 Å². The highest BCUT2D eigenvalue weighted by Crippen LogP contribution is 2.22. The lowest BCUT2D eigenvalue weighted by atomic mass is 9.86. The number of nitrogens with one attached hydrogen (secondary N) is 1. The SMILES string of the molecule is CC(C)(C)CNCC1CCCC(N)C1. The van der Waals surface area contributed by atoms with Gasteiger partial charge in [-0.25, -0.2) is 0 Å². The highest BCUT2D eigenvalue weighted by atomic mass is 14.9. The smallest absolute Gasteiger partial charge is 0.00419 e. The molecule has 0 aromatic carbocycles. The van der Waals surface area contributed by atoms with E-state index in [1.54, 1.807) is 0 Å². The summed E-state index contributed by atoms with van der Waals surface area (Å²) in [5.74, 6) is 0.820. The Morgan fingerprint density at radius 2 is 2.00 bits per heavy atom.